The zero-order valence-corrected chi connectivity index (χ0v) is 37.6. The molecular formula is C54H57FN8O2. The molecule has 5 aromatic carbocycles. The number of rotatable bonds is 14. The Morgan fingerprint density at radius 3 is 1.78 bits per heavy atom. The van der Waals surface area contributed by atoms with E-state index in [0.29, 0.717) is 28.9 Å². The van der Waals surface area contributed by atoms with E-state index in [0.717, 1.165) is 102 Å². The number of likely N-dealkylation sites (N-methyl/N-ethyl adjacent to an activating group) is 2. The molecule has 2 amide bonds. The van der Waals surface area contributed by atoms with Gasteiger partial charge in [-0.15, -0.1) is 0 Å². The Balaban J connectivity index is 0.837. The summed E-state index contributed by atoms with van der Waals surface area (Å²) in [7, 11) is 0. The Morgan fingerprint density at radius 1 is 0.662 bits per heavy atom. The molecule has 2 aliphatic carbocycles. The van der Waals surface area contributed by atoms with Crippen LogP contribution in [0.25, 0.3) is 44.2 Å². The van der Waals surface area contributed by atoms with Crippen LogP contribution in [0.15, 0.2) is 115 Å². The normalized spacial score (nSPS) is 23.1. The van der Waals surface area contributed by atoms with Crippen molar-refractivity contribution in [1.29, 1.82) is 0 Å². The van der Waals surface area contributed by atoms with Crippen molar-refractivity contribution in [2.45, 2.75) is 89.6 Å². The van der Waals surface area contributed by atoms with Crippen molar-refractivity contribution in [2.75, 3.05) is 26.2 Å². The fraction of sp³-hybridized carbons (Fsp3) is 0.370. The summed E-state index contributed by atoms with van der Waals surface area (Å²) in [4.78, 5) is 54.9. The van der Waals surface area contributed by atoms with Gasteiger partial charge >= 0.3 is 0 Å². The lowest BCUT2D eigenvalue weighted by atomic mass is 9.99. The van der Waals surface area contributed by atoms with Crippen LogP contribution in [0.2, 0.25) is 0 Å². The first-order valence-electron chi connectivity index (χ1n) is 23.8. The molecule has 11 heteroatoms. The van der Waals surface area contributed by atoms with Crippen LogP contribution < -0.4 is 0 Å². The topological polar surface area (TPSA) is 104 Å². The molecule has 0 radical (unpaired) electrons. The number of nitrogens with one attached hydrogen (secondary N) is 2. The minimum Gasteiger partial charge on any atom is -0.340 e. The number of aromatic nitrogens is 4. The number of hydrogen-bond donors (Lipinski definition) is 2. The number of carbonyl (C=O) groups excluding carboxylic acids is 2. The fourth-order valence-electron chi connectivity index (χ4n) is 11.5. The molecule has 11 rings (SSSR count). The molecule has 4 heterocycles. The van der Waals surface area contributed by atoms with Crippen molar-refractivity contribution in [3.63, 3.8) is 0 Å². The highest BCUT2D eigenvalue weighted by Crippen LogP contribution is 2.55. The molecule has 4 aliphatic rings. The summed E-state index contributed by atoms with van der Waals surface area (Å²) in [6.45, 7) is 11.6. The predicted molar refractivity (Wildman–Crippen MR) is 253 cm³/mol. The Hall–Kier alpha value is -6.17. The first kappa shape index (κ1) is 41.5. The monoisotopic (exact) mass is 868 g/mol. The summed E-state index contributed by atoms with van der Waals surface area (Å²) in [6.07, 6.45) is 5.53. The van der Waals surface area contributed by atoms with Crippen LogP contribution in [0.1, 0.15) is 100 Å². The first-order chi connectivity index (χ1) is 31.8. The lowest BCUT2D eigenvalue weighted by molar-refractivity contribution is -0.140. The number of piperidine rings is 2. The molecule has 0 bridgehead atoms. The van der Waals surface area contributed by atoms with Crippen LogP contribution in [0.4, 0.5) is 4.39 Å². The summed E-state index contributed by atoms with van der Waals surface area (Å²) in [5, 5.41) is 2.01. The van der Waals surface area contributed by atoms with E-state index in [1.807, 2.05) is 66.7 Å². The Bertz CT molecular complexity index is 2890. The quantitative estimate of drug-likeness (QED) is 0.113. The number of carbonyl (C=O) groups is 2. The van der Waals surface area contributed by atoms with Gasteiger partial charge in [-0.25, -0.2) is 14.4 Å². The summed E-state index contributed by atoms with van der Waals surface area (Å²) < 4.78 is 16.2. The zero-order chi connectivity index (χ0) is 44.5. The summed E-state index contributed by atoms with van der Waals surface area (Å²) in [6, 6.07) is 35.4. The molecule has 65 heavy (non-hydrogen) atoms. The summed E-state index contributed by atoms with van der Waals surface area (Å²) >= 11 is 0. The summed E-state index contributed by atoms with van der Waals surface area (Å²) in [5.74, 6) is 2.43. The maximum Gasteiger partial charge on any atom is 0.245 e. The molecule has 4 fully saturated rings. The van der Waals surface area contributed by atoms with Gasteiger partial charge in [0.2, 0.25) is 11.8 Å². The molecule has 2 aliphatic heterocycles. The highest BCUT2D eigenvalue weighted by atomic mass is 19.1. The first-order valence-corrected chi connectivity index (χ1v) is 23.8. The largest absolute Gasteiger partial charge is 0.340 e. The second-order valence-electron chi connectivity index (χ2n) is 18.6. The number of hydrogen-bond acceptors (Lipinski definition) is 6. The number of imidazole rings is 2. The number of H-pyrrole nitrogens is 2. The number of benzene rings is 5. The summed E-state index contributed by atoms with van der Waals surface area (Å²) in [5.41, 5.74) is 6.55. The van der Waals surface area contributed by atoms with Crippen molar-refractivity contribution in [3.05, 3.63) is 144 Å². The second kappa shape index (κ2) is 16.7. The Morgan fingerprint density at radius 2 is 1.22 bits per heavy atom. The molecule has 2 saturated carbocycles. The lowest BCUT2D eigenvalue weighted by Crippen LogP contribution is -2.44. The maximum absolute atomic E-state index is 16.2. The van der Waals surface area contributed by atoms with Gasteiger partial charge in [0, 0.05) is 23.0 Å². The SMILES string of the molecule is CCN(CC)[C@@H](C(=O)N1[C@@H]2C[C@@H]2C[C@H]1c1ncc(-c2ccc(-c3ccc4c(ccc5[nH]c([C@@H]6C[C@H]7C[C@H]7N6C(=O)[C@@H](c6ccccc6)N(CC)CC)nc54)c3)cc2F)[nH]1)c1ccccc1. The van der Waals surface area contributed by atoms with Gasteiger partial charge in [-0.1, -0.05) is 113 Å². The number of fused-ring (bicyclic) bond motifs is 5. The third-order valence-electron chi connectivity index (χ3n) is 15.1. The minimum absolute atomic E-state index is 0.110. The molecule has 2 saturated heterocycles. The van der Waals surface area contributed by atoms with Gasteiger partial charge in [0.1, 0.15) is 29.5 Å². The maximum atomic E-state index is 16.2. The van der Waals surface area contributed by atoms with Gasteiger partial charge in [0.25, 0.3) is 0 Å². The van der Waals surface area contributed by atoms with Crippen LogP contribution in [0.3, 0.4) is 0 Å². The molecule has 7 aromatic rings. The van der Waals surface area contributed by atoms with E-state index in [9.17, 15) is 9.59 Å². The van der Waals surface area contributed by atoms with Gasteiger partial charge in [0.15, 0.2) is 0 Å². The average molecular weight is 869 g/mol. The van der Waals surface area contributed by atoms with Crippen LogP contribution in [0.5, 0.6) is 0 Å². The fourth-order valence-corrected chi connectivity index (χ4v) is 11.5. The predicted octanol–water partition coefficient (Wildman–Crippen LogP) is 10.4. The Kier molecular flexibility index (Phi) is 10.7. The number of nitrogens with zero attached hydrogens (tertiary/aromatic N) is 6. The van der Waals surface area contributed by atoms with Gasteiger partial charge in [-0.05, 0) is 116 Å². The second-order valence-corrected chi connectivity index (χ2v) is 18.6. The van der Waals surface area contributed by atoms with Crippen LogP contribution in [-0.4, -0.2) is 89.6 Å². The van der Waals surface area contributed by atoms with E-state index in [2.05, 4.69) is 93.7 Å². The van der Waals surface area contributed by atoms with Crippen molar-refractivity contribution >= 4 is 33.6 Å². The Labute approximate surface area is 379 Å². The van der Waals surface area contributed by atoms with Crippen molar-refractivity contribution in [1.82, 2.24) is 39.5 Å². The van der Waals surface area contributed by atoms with Crippen molar-refractivity contribution in [2.24, 2.45) is 11.8 Å². The highest BCUT2D eigenvalue weighted by Gasteiger charge is 2.57. The molecular weight excluding hydrogens is 812 g/mol. The van der Waals surface area contributed by atoms with E-state index >= 15 is 4.39 Å². The van der Waals surface area contributed by atoms with E-state index in [-0.39, 0.29) is 53.9 Å². The molecule has 332 valence electrons. The molecule has 0 spiro atoms. The number of amides is 2. The molecule has 2 aromatic heterocycles. The van der Waals surface area contributed by atoms with Crippen molar-refractivity contribution < 1.29 is 14.0 Å². The van der Waals surface area contributed by atoms with Gasteiger partial charge in [0.05, 0.1) is 35.0 Å². The number of halogens is 1. The van der Waals surface area contributed by atoms with Gasteiger partial charge in [-0.3, -0.25) is 19.4 Å². The van der Waals surface area contributed by atoms with E-state index in [1.54, 1.807) is 12.3 Å². The highest BCUT2D eigenvalue weighted by molar-refractivity contribution is 6.05. The molecule has 8 atom stereocenters. The smallest absolute Gasteiger partial charge is 0.245 e. The van der Waals surface area contributed by atoms with Crippen LogP contribution in [0, 0.1) is 17.7 Å². The molecule has 0 unspecified atom stereocenters. The average Bonchev–Trinajstić information content (AvgIpc) is 3.95. The minimum atomic E-state index is -0.368. The van der Waals surface area contributed by atoms with E-state index in [4.69, 9.17) is 9.97 Å². The van der Waals surface area contributed by atoms with Gasteiger partial charge < -0.3 is 19.8 Å². The van der Waals surface area contributed by atoms with E-state index < -0.39 is 0 Å². The molecule has 2 N–H and O–H groups in total. The van der Waals surface area contributed by atoms with Crippen LogP contribution in [-0.2, 0) is 9.59 Å². The standard InChI is InChI=1S/C54H57FN8O2/c1-5-60(6-2)49(32-15-11-9-12-16-32)53(64)62-44-27-37(44)29-46(62)51-56-31-43(58-51)40-23-20-35(26-41(40)55)34-19-22-39-36(25-34)21-24-42-48(39)59-52(57-42)47-30-38-28-45(38)63(47)54(65)50(61(7-3)8-4)33-17-13-10-14-18-33/h9-26,31,37-38,44-47,49-50H,5-8,27-30H2,1-4H3,(H,56,58)(H,57,59)/t37-,38-,44-,45-,46+,47+,49-,50-/m1/s1. The zero-order valence-electron chi connectivity index (χ0n) is 37.6. The third kappa shape index (κ3) is 7.24. The van der Waals surface area contributed by atoms with Crippen molar-refractivity contribution in [3.8, 4) is 22.4 Å². The van der Waals surface area contributed by atoms with E-state index in [1.165, 1.54) is 0 Å². The number of likely N-dealkylation sites (tertiary alicyclic amines) is 2. The number of aromatic amines is 2. The van der Waals surface area contributed by atoms with Gasteiger partial charge in [-0.2, -0.15) is 0 Å². The molecule has 10 nitrogen and oxygen atoms in total. The third-order valence-corrected chi connectivity index (χ3v) is 15.1. The van der Waals surface area contributed by atoms with Crippen LogP contribution >= 0.6 is 0 Å². The lowest BCUT2D eigenvalue weighted by Gasteiger charge is -2.35.